The molecule has 0 saturated heterocycles. The van der Waals surface area contributed by atoms with Crippen LogP contribution in [0.15, 0.2) is 5.16 Å². The minimum Gasteiger partial charge on any atom is -0.464 e. The number of rotatable bonds is 4. The first-order valence-corrected chi connectivity index (χ1v) is 4.77. The molecule has 1 rings (SSSR count). The van der Waals surface area contributed by atoms with Crippen LogP contribution < -0.4 is 5.73 Å². The van der Waals surface area contributed by atoms with Crippen LogP contribution in [0.25, 0.3) is 0 Å². The molecule has 0 aromatic heterocycles. The van der Waals surface area contributed by atoms with Crippen molar-refractivity contribution in [3.8, 4) is 0 Å². The molecule has 0 heterocycles. The van der Waals surface area contributed by atoms with E-state index < -0.39 is 17.6 Å². The van der Waals surface area contributed by atoms with Gasteiger partial charge in [-0.25, -0.2) is 4.79 Å². The summed E-state index contributed by atoms with van der Waals surface area (Å²) < 4.78 is 4.34. The lowest BCUT2D eigenvalue weighted by Crippen LogP contribution is -2.32. The summed E-state index contributed by atoms with van der Waals surface area (Å²) in [5.74, 6) is -1.82. The Morgan fingerprint density at radius 2 is 1.93 bits per heavy atom. The predicted octanol–water partition coefficient (Wildman–Crippen LogP) is -0.0401. The average molecular weight is 214 g/mol. The van der Waals surface area contributed by atoms with Gasteiger partial charge < -0.3 is 15.3 Å². The van der Waals surface area contributed by atoms with Crippen LogP contribution in [0.5, 0.6) is 0 Å². The largest absolute Gasteiger partial charge is 0.464 e. The number of methoxy groups -OCH3 is 1. The van der Waals surface area contributed by atoms with E-state index in [0.717, 1.165) is 32.8 Å². The number of hydrogen-bond acceptors (Lipinski definition) is 5. The number of esters is 1. The molecule has 0 aromatic carbocycles. The second-order valence-electron chi connectivity index (χ2n) is 3.31. The second-order valence-corrected chi connectivity index (χ2v) is 3.31. The zero-order valence-corrected chi connectivity index (χ0v) is 8.56. The number of nitrogens with zero attached hydrogens (tertiary/aromatic N) is 1. The molecule has 6 nitrogen and oxygen atoms in total. The van der Waals surface area contributed by atoms with Gasteiger partial charge in [-0.1, -0.05) is 5.16 Å². The maximum atomic E-state index is 11.0. The highest BCUT2D eigenvalue weighted by Gasteiger charge is 2.22. The van der Waals surface area contributed by atoms with Crippen LogP contribution in [0.1, 0.15) is 25.7 Å². The van der Waals surface area contributed by atoms with E-state index in [1.807, 2.05) is 0 Å². The van der Waals surface area contributed by atoms with Crippen LogP contribution in [0.4, 0.5) is 0 Å². The molecule has 1 aliphatic rings. The maximum Gasteiger partial charge on any atom is 0.365 e. The zero-order chi connectivity index (χ0) is 11.3. The second kappa shape index (κ2) is 5.33. The van der Waals surface area contributed by atoms with Gasteiger partial charge in [-0.05, 0) is 25.7 Å². The zero-order valence-electron chi connectivity index (χ0n) is 8.56. The summed E-state index contributed by atoms with van der Waals surface area (Å²) in [4.78, 5) is 26.9. The fourth-order valence-electron chi connectivity index (χ4n) is 1.40. The van der Waals surface area contributed by atoms with Gasteiger partial charge in [0.1, 0.15) is 6.10 Å². The van der Waals surface area contributed by atoms with Crippen LogP contribution in [0, 0.1) is 0 Å². The number of oxime groups is 1. The number of carbonyl (C=O) groups is 2. The van der Waals surface area contributed by atoms with Gasteiger partial charge in [-0.15, -0.1) is 0 Å². The van der Waals surface area contributed by atoms with Crippen molar-refractivity contribution in [3.05, 3.63) is 0 Å². The summed E-state index contributed by atoms with van der Waals surface area (Å²) >= 11 is 0. The van der Waals surface area contributed by atoms with Gasteiger partial charge in [0.15, 0.2) is 0 Å². The topological polar surface area (TPSA) is 91.0 Å². The van der Waals surface area contributed by atoms with Gasteiger partial charge in [-0.2, -0.15) is 0 Å². The van der Waals surface area contributed by atoms with Gasteiger partial charge in [0.05, 0.1) is 7.11 Å². The molecular formula is C9H14N2O4. The molecule has 15 heavy (non-hydrogen) atoms. The molecule has 1 fully saturated rings. The Bertz CT molecular complexity index is 282. The molecule has 0 unspecified atom stereocenters. The Morgan fingerprint density at radius 1 is 1.33 bits per heavy atom. The number of nitrogens with two attached hydrogens (primary N) is 1. The first-order valence-electron chi connectivity index (χ1n) is 4.77. The SMILES string of the molecule is COC(=O)C(=NOC1CCCC1)C(N)=O. The van der Waals surface area contributed by atoms with Crippen molar-refractivity contribution in [1.82, 2.24) is 0 Å². The minimum atomic E-state index is -0.945. The Labute approximate surface area is 87.4 Å². The lowest BCUT2D eigenvalue weighted by Gasteiger charge is -2.07. The molecule has 0 aliphatic heterocycles. The van der Waals surface area contributed by atoms with Gasteiger partial charge in [-0.3, -0.25) is 4.79 Å². The molecule has 1 amide bonds. The number of hydrogen-bond donors (Lipinski definition) is 1. The van der Waals surface area contributed by atoms with Crippen molar-refractivity contribution in [2.24, 2.45) is 10.9 Å². The number of amides is 1. The van der Waals surface area contributed by atoms with Gasteiger partial charge in [0.2, 0.25) is 0 Å². The minimum absolute atomic E-state index is 0.0241. The number of carbonyl (C=O) groups excluding carboxylic acids is 2. The van der Waals surface area contributed by atoms with E-state index in [4.69, 9.17) is 10.6 Å². The molecule has 0 aromatic rings. The van der Waals surface area contributed by atoms with Crippen molar-refractivity contribution < 1.29 is 19.2 Å². The average Bonchev–Trinajstić information content (AvgIpc) is 2.70. The molecule has 0 atom stereocenters. The Hall–Kier alpha value is -1.59. The van der Waals surface area contributed by atoms with E-state index in [0.29, 0.717) is 0 Å². The van der Waals surface area contributed by atoms with Gasteiger partial charge >= 0.3 is 5.97 Å². The van der Waals surface area contributed by atoms with Crippen LogP contribution in [-0.4, -0.2) is 30.8 Å². The van der Waals surface area contributed by atoms with E-state index in [1.54, 1.807) is 0 Å². The van der Waals surface area contributed by atoms with Crippen LogP contribution in [-0.2, 0) is 19.2 Å². The molecule has 84 valence electrons. The number of ether oxygens (including phenoxy) is 1. The highest BCUT2D eigenvalue weighted by Crippen LogP contribution is 2.20. The fraction of sp³-hybridized carbons (Fsp3) is 0.667. The van der Waals surface area contributed by atoms with Crippen molar-refractivity contribution in [3.63, 3.8) is 0 Å². The first kappa shape index (κ1) is 11.5. The lowest BCUT2D eigenvalue weighted by molar-refractivity contribution is -0.133. The third kappa shape index (κ3) is 3.23. The normalized spacial score (nSPS) is 17.5. The lowest BCUT2D eigenvalue weighted by atomic mass is 10.3. The van der Waals surface area contributed by atoms with E-state index in [2.05, 4.69) is 9.89 Å². The summed E-state index contributed by atoms with van der Waals surface area (Å²) in [6.07, 6.45) is 3.89. The first-order chi connectivity index (χ1) is 7.15. The van der Waals surface area contributed by atoms with Crippen molar-refractivity contribution in [2.75, 3.05) is 7.11 Å². The smallest absolute Gasteiger partial charge is 0.365 e. The van der Waals surface area contributed by atoms with Crippen molar-refractivity contribution in [1.29, 1.82) is 0 Å². The molecule has 2 N–H and O–H groups in total. The quantitative estimate of drug-likeness (QED) is 0.307. The summed E-state index contributed by atoms with van der Waals surface area (Å²) in [6, 6.07) is 0. The highest BCUT2D eigenvalue weighted by molar-refractivity contribution is 6.63. The Kier molecular flexibility index (Phi) is 4.08. The van der Waals surface area contributed by atoms with Crippen LogP contribution in [0.3, 0.4) is 0 Å². The Balaban J connectivity index is 2.58. The third-order valence-corrected chi connectivity index (χ3v) is 2.21. The van der Waals surface area contributed by atoms with Crippen molar-refractivity contribution in [2.45, 2.75) is 31.8 Å². The van der Waals surface area contributed by atoms with Gasteiger partial charge in [0.25, 0.3) is 11.6 Å². The molecule has 0 radical (unpaired) electrons. The fourth-order valence-corrected chi connectivity index (χ4v) is 1.40. The summed E-state index contributed by atoms with van der Waals surface area (Å²) in [5, 5.41) is 3.44. The molecule has 0 bridgehead atoms. The van der Waals surface area contributed by atoms with Gasteiger partial charge in [0, 0.05) is 0 Å². The Morgan fingerprint density at radius 3 is 2.40 bits per heavy atom. The van der Waals surface area contributed by atoms with E-state index in [1.165, 1.54) is 0 Å². The third-order valence-electron chi connectivity index (χ3n) is 2.21. The molecule has 0 spiro atoms. The summed E-state index contributed by atoms with van der Waals surface area (Å²) in [5.41, 5.74) is 4.45. The molecule has 6 heteroatoms. The van der Waals surface area contributed by atoms with Crippen LogP contribution >= 0.6 is 0 Å². The van der Waals surface area contributed by atoms with Crippen molar-refractivity contribution >= 4 is 17.6 Å². The van der Waals surface area contributed by atoms with E-state index >= 15 is 0 Å². The molecule has 1 aliphatic carbocycles. The van der Waals surface area contributed by atoms with Crippen LogP contribution in [0.2, 0.25) is 0 Å². The predicted molar refractivity (Wildman–Crippen MR) is 52.0 cm³/mol. The summed E-state index contributed by atoms with van der Waals surface area (Å²) in [7, 11) is 1.15. The molecular weight excluding hydrogens is 200 g/mol. The summed E-state index contributed by atoms with van der Waals surface area (Å²) in [6.45, 7) is 0. The highest BCUT2D eigenvalue weighted by atomic mass is 16.6. The monoisotopic (exact) mass is 214 g/mol. The van der Waals surface area contributed by atoms with E-state index in [-0.39, 0.29) is 6.10 Å². The maximum absolute atomic E-state index is 11.0. The number of primary amides is 1. The standard InChI is InChI=1S/C9H14N2O4/c1-14-9(13)7(8(10)12)11-15-6-4-2-3-5-6/h6H,2-5H2,1H3,(H2,10,12). The molecule has 1 saturated carbocycles. The van der Waals surface area contributed by atoms with E-state index in [9.17, 15) is 9.59 Å².